The van der Waals surface area contributed by atoms with Crippen LogP contribution < -0.4 is 0 Å². The molecule has 176 valence electrons. The molecule has 30 heavy (non-hydrogen) atoms. The van der Waals surface area contributed by atoms with E-state index in [1.165, 1.54) is 0 Å². The van der Waals surface area contributed by atoms with Crippen LogP contribution in [0.2, 0.25) is 0 Å². The van der Waals surface area contributed by atoms with Crippen molar-refractivity contribution in [3.63, 3.8) is 0 Å². The number of halogens is 18. The van der Waals surface area contributed by atoms with E-state index in [1.54, 1.807) is 0 Å². The highest BCUT2D eigenvalue weighted by Gasteiger charge is 2.84. The summed E-state index contributed by atoms with van der Waals surface area (Å²) in [4.78, 5) is 0.988. The summed E-state index contributed by atoms with van der Waals surface area (Å²) in [5.74, 6) is 0. The Kier molecular flexibility index (Phi) is 5.48. The predicted molar refractivity (Wildman–Crippen MR) is 56.7 cm³/mol. The first-order valence-electron chi connectivity index (χ1n) is 6.30. The molecule has 0 amide bonds. The van der Waals surface area contributed by atoms with Crippen LogP contribution in [0.1, 0.15) is 0 Å². The number of hydrogen-bond donors (Lipinski definition) is 0. The second-order valence-corrected chi connectivity index (χ2v) is 5.31. The molecule has 0 spiro atoms. The number of alkyl halides is 18. The molecule has 20 heteroatoms. The van der Waals surface area contributed by atoms with Crippen molar-refractivity contribution in [1.29, 1.82) is 0 Å². The van der Waals surface area contributed by atoms with Gasteiger partial charge >= 0.3 is 48.1 Å². The van der Waals surface area contributed by atoms with Crippen molar-refractivity contribution in [2.45, 2.75) is 48.1 Å². The van der Waals surface area contributed by atoms with Gasteiger partial charge in [-0.1, -0.05) is 0 Å². The molecule has 0 aromatic heterocycles. The molecular weight excluding hydrogens is 490 g/mol. The van der Waals surface area contributed by atoms with Gasteiger partial charge < -0.3 is 0 Å². The molecule has 0 aromatic rings. The summed E-state index contributed by atoms with van der Waals surface area (Å²) in [5.41, 5.74) is -24.3. The summed E-state index contributed by atoms with van der Waals surface area (Å²) in [6, 6.07) is -13.8. The van der Waals surface area contributed by atoms with Crippen LogP contribution in [0.3, 0.4) is 0 Å². The Morgan fingerprint density at radius 2 is 0.567 bits per heavy atom. The summed E-state index contributed by atoms with van der Waals surface area (Å²) < 4.78 is 231. The Bertz CT molecular complexity index is 651. The van der Waals surface area contributed by atoms with Gasteiger partial charge in [-0.2, -0.15) is 70.2 Å². The molecule has 1 rings (SSSR count). The first kappa shape index (κ1) is 26.1. The molecular formula is C10F18N2. The van der Waals surface area contributed by atoms with Gasteiger partial charge in [0.1, 0.15) is 0 Å². The van der Waals surface area contributed by atoms with E-state index in [1.807, 2.05) is 0 Å². The van der Waals surface area contributed by atoms with E-state index >= 15 is 0 Å². The number of aliphatic imine (C=N–C) groups is 2. The van der Waals surface area contributed by atoms with Gasteiger partial charge in [-0.3, -0.25) is 0 Å². The van der Waals surface area contributed by atoms with Crippen LogP contribution in [0.4, 0.5) is 79.0 Å². The molecule has 0 fully saturated rings. The predicted octanol–water partition coefficient (Wildman–Crippen LogP) is 5.73. The van der Waals surface area contributed by atoms with Crippen molar-refractivity contribution in [2.75, 3.05) is 0 Å². The lowest BCUT2D eigenvalue weighted by molar-refractivity contribution is -0.320. The normalized spacial score (nSPS) is 21.3. The maximum atomic E-state index is 13.6. The smallest absolute Gasteiger partial charge is 0.216 e. The summed E-state index contributed by atoms with van der Waals surface area (Å²) in [6.07, 6.45) is -30.3. The Labute approximate surface area is 150 Å². The van der Waals surface area contributed by atoms with E-state index in [4.69, 9.17) is 0 Å². The molecule has 1 heterocycles. The molecule has 0 bridgehead atoms. The maximum Gasteiger partial charge on any atom is 0.437 e. The fourth-order valence-corrected chi connectivity index (χ4v) is 1.95. The Morgan fingerprint density at radius 3 is 0.700 bits per heavy atom. The number of rotatable bonds is 2. The second kappa shape index (κ2) is 6.30. The summed E-state index contributed by atoms with van der Waals surface area (Å²) in [7, 11) is 0. The van der Waals surface area contributed by atoms with Gasteiger partial charge in [-0.05, 0) is 0 Å². The zero-order valence-electron chi connectivity index (χ0n) is 12.7. The molecule has 0 N–H and O–H groups in total. The highest BCUT2D eigenvalue weighted by molar-refractivity contribution is 6.09. The van der Waals surface area contributed by atoms with Gasteiger partial charge in [0, 0.05) is 0 Å². The molecule has 0 saturated carbocycles. The molecule has 1 aliphatic heterocycles. The maximum absolute atomic E-state index is 13.6. The Hall–Kier alpha value is -1.92. The van der Waals surface area contributed by atoms with E-state index in [0.29, 0.717) is 9.98 Å². The molecule has 0 atom stereocenters. The van der Waals surface area contributed by atoms with Crippen LogP contribution in [0.15, 0.2) is 9.98 Å². The minimum absolute atomic E-state index is 0.494. The van der Waals surface area contributed by atoms with E-state index in [-0.39, 0.29) is 0 Å². The zero-order chi connectivity index (χ0) is 24.6. The van der Waals surface area contributed by atoms with Crippen LogP contribution in [0, 0.1) is 0 Å². The van der Waals surface area contributed by atoms with Gasteiger partial charge in [-0.15, -0.1) is 0 Å². The van der Waals surface area contributed by atoms with Crippen molar-refractivity contribution in [3.8, 4) is 0 Å². The average molecular weight is 490 g/mol. The first-order chi connectivity index (χ1) is 12.7. The van der Waals surface area contributed by atoms with Gasteiger partial charge in [0.15, 0.2) is 11.4 Å². The van der Waals surface area contributed by atoms with Crippen molar-refractivity contribution >= 4 is 11.4 Å². The lowest BCUT2D eigenvalue weighted by Crippen LogP contribution is -2.68. The number of hydrogen-bond acceptors (Lipinski definition) is 2. The molecule has 1 aliphatic rings. The topological polar surface area (TPSA) is 24.7 Å². The lowest BCUT2D eigenvalue weighted by Gasteiger charge is -2.39. The van der Waals surface area contributed by atoms with E-state index in [2.05, 4.69) is 0 Å². The van der Waals surface area contributed by atoms with Crippen molar-refractivity contribution in [3.05, 3.63) is 0 Å². The average Bonchev–Trinajstić information content (AvgIpc) is 2.43. The van der Waals surface area contributed by atoms with Gasteiger partial charge in [0.2, 0.25) is 0 Å². The molecule has 0 aromatic carbocycles. The zero-order valence-corrected chi connectivity index (χ0v) is 12.7. The third-order valence-corrected chi connectivity index (χ3v) is 3.29. The fourth-order valence-electron chi connectivity index (χ4n) is 1.95. The summed E-state index contributed by atoms with van der Waals surface area (Å²) >= 11 is 0. The van der Waals surface area contributed by atoms with Gasteiger partial charge in [0.25, 0.3) is 0 Å². The molecule has 0 aliphatic carbocycles. The minimum atomic E-state index is -7.59. The van der Waals surface area contributed by atoms with E-state index in [9.17, 15) is 79.0 Å². The summed E-state index contributed by atoms with van der Waals surface area (Å²) in [6.45, 7) is 0. The van der Waals surface area contributed by atoms with Gasteiger partial charge in [0.05, 0.1) is 0 Å². The quantitative estimate of drug-likeness (QED) is 0.349. The second-order valence-electron chi connectivity index (χ2n) is 5.31. The van der Waals surface area contributed by atoms with Crippen molar-refractivity contribution in [2.24, 2.45) is 9.98 Å². The third kappa shape index (κ3) is 3.54. The molecule has 0 saturated heterocycles. The molecule has 0 unspecified atom stereocenters. The van der Waals surface area contributed by atoms with Crippen LogP contribution in [0.25, 0.3) is 0 Å². The molecule has 0 radical (unpaired) electrons. The standard InChI is InChI=1S/C10F18N2/c11-3(7(17,18)19,8(20,21)22)1-5(13,14)30-2(6(15,16)29-1)4(12,9(23,24)25)10(26,27)28. The largest absolute Gasteiger partial charge is 0.437 e. The third-order valence-electron chi connectivity index (χ3n) is 3.29. The monoisotopic (exact) mass is 490 g/mol. The Balaban J connectivity index is 3.98. The van der Waals surface area contributed by atoms with E-state index in [0.717, 1.165) is 0 Å². The van der Waals surface area contributed by atoms with Crippen LogP contribution in [-0.4, -0.2) is 59.6 Å². The SMILES string of the molecule is FC1(F)N=C(C(F)(C(F)(F)F)C(F)(F)F)C(F)(F)N=C1C(F)(C(F)(F)F)C(F)(F)F. The van der Waals surface area contributed by atoms with Crippen LogP contribution in [-0.2, 0) is 0 Å². The highest BCUT2D eigenvalue weighted by Crippen LogP contribution is 2.55. The number of nitrogens with zero attached hydrogens (tertiary/aromatic N) is 2. The minimum Gasteiger partial charge on any atom is -0.216 e. The van der Waals surface area contributed by atoms with Gasteiger partial charge in [-0.25, -0.2) is 18.8 Å². The van der Waals surface area contributed by atoms with E-state index < -0.39 is 59.6 Å². The van der Waals surface area contributed by atoms with Crippen LogP contribution in [0.5, 0.6) is 0 Å². The summed E-state index contributed by atoms with van der Waals surface area (Å²) in [5, 5.41) is 0. The Morgan fingerprint density at radius 1 is 0.400 bits per heavy atom. The van der Waals surface area contributed by atoms with Crippen LogP contribution >= 0.6 is 0 Å². The van der Waals surface area contributed by atoms with Crippen molar-refractivity contribution < 1.29 is 79.0 Å². The first-order valence-corrected chi connectivity index (χ1v) is 6.30. The molecule has 2 nitrogen and oxygen atoms in total. The highest BCUT2D eigenvalue weighted by atomic mass is 19.4. The van der Waals surface area contributed by atoms with Crippen molar-refractivity contribution in [1.82, 2.24) is 0 Å². The fraction of sp³-hybridized carbons (Fsp3) is 0.800. The lowest BCUT2D eigenvalue weighted by atomic mass is 9.91.